The third-order valence-electron chi connectivity index (χ3n) is 7.62. The highest BCUT2D eigenvalue weighted by molar-refractivity contribution is 6.25. The van der Waals surface area contributed by atoms with Crippen LogP contribution in [0.5, 0.6) is 0 Å². The Morgan fingerprint density at radius 2 is 1.37 bits per heavy atom. The molecule has 3 nitrogen and oxygen atoms in total. The van der Waals surface area contributed by atoms with Crippen molar-refractivity contribution in [2.75, 3.05) is 4.90 Å². The van der Waals surface area contributed by atoms with E-state index in [9.17, 15) is 9.59 Å². The van der Waals surface area contributed by atoms with Gasteiger partial charge in [-0.25, -0.2) is 4.90 Å². The van der Waals surface area contributed by atoms with Gasteiger partial charge < -0.3 is 0 Å². The van der Waals surface area contributed by atoms with Crippen LogP contribution in [0, 0.1) is 25.2 Å². The predicted molar refractivity (Wildman–Crippen MR) is 117 cm³/mol. The van der Waals surface area contributed by atoms with E-state index in [2.05, 4.69) is 24.3 Å². The maximum Gasteiger partial charge on any atom is 0.241 e. The zero-order valence-electron chi connectivity index (χ0n) is 17.3. The van der Waals surface area contributed by atoms with Crippen molar-refractivity contribution < 1.29 is 9.59 Å². The molecule has 1 aliphatic heterocycles. The van der Waals surface area contributed by atoms with Gasteiger partial charge in [0.25, 0.3) is 0 Å². The number of hydrogen-bond donors (Lipinski definition) is 0. The standard InChI is InChI=1S/C27H23NO2/c1-15-12-13-16(2)21(14-15)28-25(29)24-22-17-8-4-6-10-19(17)23(27(24,3)26(28)30)20-11-7-5-9-18(20)22/h4-14,22-24H,1-3H3/t22?,23?,24-,27-/m1/s1. The van der Waals surface area contributed by atoms with Crippen LogP contribution in [0.3, 0.4) is 0 Å². The van der Waals surface area contributed by atoms with Gasteiger partial charge in [-0.3, -0.25) is 9.59 Å². The summed E-state index contributed by atoms with van der Waals surface area (Å²) >= 11 is 0. The van der Waals surface area contributed by atoms with Crippen molar-refractivity contribution in [3.8, 4) is 0 Å². The van der Waals surface area contributed by atoms with Crippen LogP contribution in [0.15, 0.2) is 66.7 Å². The predicted octanol–water partition coefficient (Wildman–Crippen LogP) is 5.09. The molecule has 0 unspecified atom stereocenters. The van der Waals surface area contributed by atoms with Crippen molar-refractivity contribution in [2.45, 2.75) is 32.6 Å². The lowest BCUT2D eigenvalue weighted by Gasteiger charge is -2.51. The monoisotopic (exact) mass is 393 g/mol. The molecule has 3 aliphatic carbocycles. The van der Waals surface area contributed by atoms with Crippen molar-refractivity contribution >= 4 is 17.5 Å². The van der Waals surface area contributed by atoms with Crippen LogP contribution in [-0.2, 0) is 9.59 Å². The van der Waals surface area contributed by atoms with Crippen molar-refractivity contribution in [1.29, 1.82) is 0 Å². The molecule has 3 heteroatoms. The Morgan fingerprint density at radius 3 is 1.97 bits per heavy atom. The smallest absolute Gasteiger partial charge is 0.241 e. The second kappa shape index (κ2) is 5.69. The van der Waals surface area contributed by atoms with E-state index in [1.54, 1.807) is 0 Å². The first-order chi connectivity index (χ1) is 14.4. The van der Waals surface area contributed by atoms with Gasteiger partial charge in [0.15, 0.2) is 0 Å². The van der Waals surface area contributed by atoms with Gasteiger partial charge in [-0.2, -0.15) is 0 Å². The third kappa shape index (κ3) is 1.91. The number of amides is 2. The highest BCUT2D eigenvalue weighted by atomic mass is 16.2. The molecular formula is C27H23NO2. The second-order valence-corrected chi connectivity index (χ2v) is 9.20. The fourth-order valence-corrected chi connectivity index (χ4v) is 6.30. The van der Waals surface area contributed by atoms with E-state index in [1.807, 2.05) is 63.2 Å². The lowest BCUT2D eigenvalue weighted by atomic mass is 9.48. The summed E-state index contributed by atoms with van der Waals surface area (Å²) in [5.41, 5.74) is 6.75. The second-order valence-electron chi connectivity index (χ2n) is 9.20. The van der Waals surface area contributed by atoms with Gasteiger partial charge in [0, 0.05) is 11.8 Å². The van der Waals surface area contributed by atoms with E-state index >= 15 is 0 Å². The Hall–Kier alpha value is -3.20. The minimum absolute atomic E-state index is 0.0600. The van der Waals surface area contributed by atoms with E-state index in [0.717, 1.165) is 16.8 Å². The first-order valence-corrected chi connectivity index (χ1v) is 10.6. The summed E-state index contributed by atoms with van der Waals surface area (Å²) in [6.45, 7) is 5.99. The molecule has 3 aromatic carbocycles. The van der Waals surface area contributed by atoms with Crippen molar-refractivity contribution in [1.82, 2.24) is 0 Å². The van der Waals surface area contributed by atoms with Crippen LogP contribution in [0.25, 0.3) is 0 Å². The van der Waals surface area contributed by atoms with Crippen LogP contribution in [0.1, 0.15) is 52.1 Å². The molecule has 30 heavy (non-hydrogen) atoms. The van der Waals surface area contributed by atoms with E-state index in [4.69, 9.17) is 0 Å². The SMILES string of the molecule is Cc1ccc(C)c(N2C(=O)[C@H]3C4c5ccccc5C(c5ccccc54)[C@@]3(C)C2=O)c1. The molecular weight excluding hydrogens is 370 g/mol. The molecule has 148 valence electrons. The Balaban J connectivity index is 1.63. The Morgan fingerprint density at radius 1 is 0.800 bits per heavy atom. The number of nitrogens with zero attached hydrogens (tertiary/aromatic N) is 1. The normalized spacial score (nSPS) is 28.4. The number of imide groups is 1. The van der Waals surface area contributed by atoms with Gasteiger partial charge in [-0.1, -0.05) is 60.7 Å². The average molecular weight is 393 g/mol. The summed E-state index contributed by atoms with van der Waals surface area (Å²) in [4.78, 5) is 29.5. The van der Waals surface area contributed by atoms with Gasteiger partial charge in [-0.15, -0.1) is 0 Å². The Kier molecular flexibility index (Phi) is 3.35. The van der Waals surface area contributed by atoms with Crippen LogP contribution in [0.2, 0.25) is 0 Å². The van der Waals surface area contributed by atoms with Crippen LogP contribution in [0.4, 0.5) is 5.69 Å². The molecule has 1 heterocycles. The fraction of sp³-hybridized carbons (Fsp3) is 0.259. The number of anilines is 1. The third-order valence-corrected chi connectivity index (χ3v) is 7.62. The highest BCUT2D eigenvalue weighted by Crippen LogP contribution is 2.67. The largest absolute Gasteiger partial charge is 0.274 e. The van der Waals surface area contributed by atoms with Crippen LogP contribution >= 0.6 is 0 Å². The maximum atomic E-state index is 14.1. The summed E-state index contributed by atoms with van der Waals surface area (Å²) in [5.74, 6) is -0.689. The molecule has 0 saturated carbocycles. The zero-order valence-corrected chi connectivity index (χ0v) is 17.3. The number of benzene rings is 3. The van der Waals surface area contributed by atoms with Crippen molar-refractivity contribution in [2.24, 2.45) is 11.3 Å². The number of rotatable bonds is 1. The summed E-state index contributed by atoms with van der Waals surface area (Å²) in [7, 11) is 0. The Bertz CT molecular complexity index is 1210. The molecule has 0 N–H and O–H groups in total. The molecule has 2 atom stereocenters. The molecule has 1 saturated heterocycles. The highest BCUT2D eigenvalue weighted by Gasteiger charge is 2.68. The maximum absolute atomic E-state index is 14.1. The van der Waals surface area contributed by atoms with Crippen molar-refractivity contribution in [3.63, 3.8) is 0 Å². The summed E-state index contributed by atoms with van der Waals surface area (Å²) in [5, 5.41) is 0. The number of hydrogen-bond acceptors (Lipinski definition) is 2. The molecule has 0 aromatic heterocycles. The minimum atomic E-state index is -0.777. The summed E-state index contributed by atoms with van der Waals surface area (Å²) in [6.07, 6.45) is 0. The molecule has 4 aliphatic rings. The van der Waals surface area contributed by atoms with E-state index in [0.29, 0.717) is 0 Å². The molecule has 2 bridgehead atoms. The lowest BCUT2D eigenvalue weighted by molar-refractivity contribution is -0.128. The van der Waals surface area contributed by atoms with Crippen molar-refractivity contribution in [3.05, 3.63) is 100 Å². The Labute approximate surface area is 176 Å². The summed E-state index contributed by atoms with van der Waals surface area (Å²) < 4.78 is 0. The topological polar surface area (TPSA) is 37.4 Å². The first-order valence-electron chi connectivity index (χ1n) is 10.6. The van der Waals surface area contributed by atoms with E-state index in [-0.39, 0.29) is 29.6 Å². The van der Waals surface area contributed by atoms with Gasteiger partial charge in [-0.05, 0) is 60.2 Å². The molecule has 0 spiro atoms. The molecule has 1 fully saturated rings. The molecule has 0 radical (unpaired) electrons. The number of carbonyl (C=O) groups excluding carboxylic acids is 2. The number of aryl methyl sites for hydroxylation is 2. The quantitative estimate of drug-likeness (QED) is 0.540. The van der Waals surface area contributed by atoms with Crippen LogP contribution < -0.4 is 4.90 Å². The minimum Gasteiger partial charge on any atom is -0.274 e. The summed E-state index contributed by atoms with van der Waals surface area (Å²) in [6, 6.07) is 22.7. The molecule has 2 amide bonds. The first kappa shape index (κ1) is 17.6. The van der Waals surface area contributed by atoms with Gasteiger partial charge >= 0.3 is 0 Å². The van der Waals surface area contributed by atoms with E-state index < -0.39 is 5.41 Å². The molecule has 3 aromatic rings. The zero-order chi connectivity index (χ0) is 20.8. The molecule has 7 rings (SSSR count). The average Bonchev–Trinajstić information content (AvgIpc) is 2.96. The van der Waals surface area contributed by atoms with Gasteiger partial charge in [0.05, 0.1) is 17.0 Å². The van der Waals surface area contributed by atoms with E-state index in [1.165, 1.54) is 27.2 Å². The lowest BCUT2D eigenvalue weighted by Crippen LogP contribution is -2.49. The van der Waals surface area contributed by atoms with Crippen LogP contribution in [-0.4, -0.2) is 11.8 Å². The van der Waals surface area contributed by atoms with Gasteiger partial charge in [0.1, 0.15) is 0 Å². The van der Waals surface area contributed by atoms with Gasteiger partial charge in [0.2, 0.25) is 11.8 Å². The number of carbonyl (C=O) groups is 2. The fourth-order valence-electron chi connectivity index (χ4n) is 6.30.